The second-order valence-electron chi connectivity index (χ2n) is 5.40. The van der Waals surface area contributed by atoms with Crippen LogP contribution >= 0.6 is 0 Å². The van der Waals surface area contributed by atoms with Crippen LogP contribution in [0.5, 0.6) is 0 Å². The molecule has 0 aromatic heterocycles. The monoisotopic (exact) mass is 286 g/mol. The van der Waals surface area contributed by atoms with Crippen molar-refractivity contribution in [1.29, 1.82) is 0 Å². The molecule has 2 rings (SSSR count). The van der Waals surface area contributed by atoms with Gasteiger partial charge in [0.2, 0.25) is 0 Å². The molecule has 2 heterocycles. The predicted molar refractivity (Wildman–Crippen MR) is 70.5 cm³/mol. The summed E-state index contributed by atoms with van der Waals surface area (Å²) in [5.74, 6) is -1.31. The van der Waals surface area contributed by atoms with E-state index in [9.17, 15) is 9.59 Å². The van der Waals surface area contributed by atoms with E-state index in [4.69, 9.17) is 14.6 Å². The molecule has 4 unspecified atom stereocenters. The van der Waals surface area contributed by atoms with Crippen molar-refractivity contribution in [1.82, 2.24) is 9.80 Å². The lowest BCUT2D eigenvalue weighted by Gasteiger charge is -2.28. The number of carboxylic acids is 1. The lowest BCUT2D eigenvalue weighted by molar-refractivity contribution is -0.142. The standard InChI is InChI=1S/C13H22N2O5/c1-8-9(12(16)17)4-5-15(8)13(18)14-6-10(19-2)11(7-14)20-3/h8-11H,4-7H2,1-3H3,(H,16,17). The minimum absolute atomic E-state index is 0.122. The Morgan fingerprint density at radius 3 is 2.10 bits per heavy atom. The Morgan fingerprint density at radius 1 is 1.15 bits per heavy atom. The first-order valence-electron chi connectivity index (χ1n) is 6.83. The summed E-state index contributed by atoms with van der Waals surface area (Å²) >= 11 is 0. The smallest absolute Gasteiger partial charge is 0.320 e. The van der Waals surface area contributed by atoms with Gasteiger partial charge in [-0.2, -0.15) is 0 Å². The molecule has 0 saturated carbocycles. The Balaban J connectivity index is 2.01. The van der Waals surface area contributed by atoms with Gasteiger partial charge in [-0.3, -0.25) is 4.79 Å². The van der Waals surface area contributed by atoms with E-state index in [2.05, 4.69) is 0 Å². The summed E-state index contributed by atoms with van der Waals surface area (Å²) in [5, 5.41) is 9.12. The summed E-state index contributed by atoms with van der Waals surface area (Å²) in [6.45, 7) is 3.24. The molecule has 20 heavy (non-hydrogen) atoms. The minimum atomic E-state index is -0.834. The van der Waals surface area contributed by atoms with Gasteiger partial charge in [-0.25, -0.2) is 4.79 Å². The third-order valence-corrected chi connectivity index (χ3v) is 4.41. The number of methoxy groups -OCH3 is 2. The van der Waals surface area contributed by atoms with Crippen molar-refractivity contribution in [3.63, 3.8) is 0 Å². The number of ether oxygens (including phenoxy) is 2. The van der Waals surface area contributed by atoms with E-state index in [1.807, 2.05) is 0 Å². The first-order chi connectivity index (χ1) is 9.49. The van der Waals surface area contributed by atoms with Crippen molar-refractivity contribution >= 4 is 12.0 Å². The number of carbonyl (C=O) groups excluding carboxylic acids is 1. The second kappa shape index (κ2) is 5.97. The van der Waals surface area contributed by atoms with Gasteiger partial charge in [0.1, 0.15) is 12.2 Å². The molecule has 2 fully saturated rings. The van der Waals surface area contributed by atoms with Crippen LogP contribution in [0, 0.1) is 5.92 Å². The number of hydrogen-bond donors (Lipinski definition) is 1. The number of amides is 2. The fraction of sp³-hybridized carbons (Fsp3) is 0.846. The van der Waals surface area contributed by atoms with Crippen LogP contribution in [0.1, 0.15) is 13.3 Å². The molecule has 114 valence electrons. The Hall–Kier alpha value is -1.34. The third kappa shape index (κ3) is 2.60. The Labute approximate surface area is 118 Å². The van der Waals surface area contributed by atoms with Crippen LogP contribution in [0.15, 0.2) is 0 Å². The Morgan fingerprint density at radius 2 is 1.70 bits per heavy atom. The second-order valence-corrected chi connectivity index (χ2v) is 5.40. The topological polar surface area (TPSA) is 79.3 Å². The van der Waals surface area contributed by atoms with E-state index in [0.717, 1.165) is 0 Å². The summed E-state index contributed by atoms with van der Waals surface area (Å²) < 4.78 is 10.6. The molecule has 0 aromatic carbocycles. The van der Waals surface area contributed by atoms with Gasteiger partial charge in [0, 0.05) is 26.8 Å². The maximum absolute atomic E-state index is 12.5. The zero-order chi connectivity index (χ0) is 14.9. The SMILES string of the molecule is COC1CN(C(=O)N2CCC(C(=O)O)C2C)CC1OC. The molecule has 2 amide bonds. The summed E-state index contributed by atoms with van der Waals surface area (Å²) in [5.41, 5.74) is 0. The quantitative estimate of drug-likeness (QED) is 0.804. The highest BCUT2D eigenvalue weighted by Crippen LogP contribution is 2.27. The molecule has 2 aliphatic heterocycles. The number of rotatable bonds is 3. The van der Waals surface area contributed by atoms with E-state index in [1.54, 1.807) is 30.9 Å². The Bertz CT molecular complexity index is 377. The predicted octanol–water partition coefficient (Wildman–Crippen LogP) is 0.247. The van der Waals surface area contributed by atoms with Crippen molar-refractivity contribution in [3.8, 4) is 0 Å². The van der Waals surface area contributed by atoms with Crippen LogP contribution < -0.4 is 0 Å². The fourth-order valence-corrected chi connectivity index (χ4v) is 3.07. The van der Waals surface area contributed by atoms with Crippen LogP contribution in [0.25, 0.3) is 0 Å². The average Bonchev–Trinajstić information content (AvgIpc) is 3.00. The van der Waals surface area contributed by atoms with Gasteiger partial charge in [0.25, 0.3) is 0 Å². The number of urea groups is 1. The van der Waals surface area contributed by atoms with Gasteiger partial charge in [-0.15, -0.1) is 0 Å². The third-order valence-electron chi connectivity index (χ3n) is 4.41. The molecule has 7 nitrogen and oxygen atoms in total. The molecule has 0 bridgehead atoms. The maximum Gasteiger partial charge on any atom is 0.320 e. The van der Waals surface area contributed by atoms with Crippen molar-refractivity contribution in [2.24, 2.45) is 5.92 Å². The lowest BCUT2D eigenvalue weighted by Crippen LogP contribution is -2.45. The van der Waals surface area contributed by atoms with E-state index in [1.165, 1.54) is 0 Å². The summed E-state index contributed by atoms with van der Waals surface area (Å²) in [7, 11) is 3.20. The number of aliphatic carboxylic acids is 1. The molecule has 7 heteroatoms. The van der Waals surface area contributed by atoms with Gasteiger partial charge < -0.3 is 24.4 Å². The zero-order valence-electron chi connectivity index (χ0n) is 12.1. The number of likely N-dealkylation sites (tertiary alicyclic amines) is 2. The first kappa shape index (κ1) is 15.1. The molecule has 0 spiro atoms. The highest BCUT2D eigenvalue weighted by Gasteiger charge is 2.43. The van der Waals surface area contributed by atoms with Crippen molar-refractivity contribution in [3.05, 3.63) is 0 Å². The molecule has 2 aliphatic rings. The first-order valence-corrected chi connectivity index (χ1v) is 6.83. The van der Waals surface area contributed by atoms with Gasteiger partial charge in [0.05, 0.1) is 19.0 Å². The van der Waals surface area contributed by atoms with Crippen LogP contribution in [-0.2, 0) is 14.3 Å². The normalized spacial score (nSPS) is 33.8. The highest BCUT2D eigenvalue weighted by molar-refractivity contribution is 5.78. The van der Waals surface area contributed by atoms with Gasteiger partial charge in [-0.1, -0.05) is 0 Å². The zero-order valence-corrected chi connectivity index (χ0v) is 12.1. The van der Waals surface area contributed by atoms with Crippen molar-refractivity contribution in [2.45, 2.75) is 31.6 Å². The maximum atomic E-state index is 12.5. The molecule has 2 saturated heterocycles. The highest BCUT2D eigenvalue weighted by atomic mass is 16.5. The van der Waals surface area contributed by atoms with E-state index >= 15 is 0 Å². The molecule has 4 atom stereocenters. The van der Waals surface area contributed by atoms with Gasteiger partial charge >= 0.3 is 12.0 Å². The summed E-state index contributed by atoms with van der Waals surface area (Å²) in [4.78, 5) is 26.9. The summed E-state index contributed by atoms with van der Waals surface area (Å²) in [6, 6.07) is -0.398. The van der Waals surface area contributed by atoms with Crippen molar-refractivity contribution in [2.75, 3.05) is 33.9 Å². The van der Waals surface area contributed by atoms with Crippen LogP contribution in [0.2, 0.25) is 0 Å². The van der Waals surface area contributed by atoms with E-state index < -0.39 is 11.9 Å². The van der Waals surface area contributed by atoms with E-state index in [-0.39, 0.29) is 24.3 Å². The Kier molecular flexibility index (Phi) is 4.49. The number of nitrogens with zero attached hydrogens (tertiary/aromatic N) is 2. The van der Waals surface area contributed by atoms with Crippen LogP contribution in [0.4, 0.5) is 4.79 Å². The number of carboxylic acid groups (broad SMARTS) is 1. The van der Waals surface area contributed by atoms with Crippen molar-refractivity contribution < 1.29 is 24.2 Å². The largest absolute Gasteiger partial charge is 0.481 e. The van der Waals surface area contributed by atoms with Gasteiger partial charge in [-0.05, 0) is 13.3 Å². The molecular formula is C13H22N2O5. The van der Waals surface area contributed by atoms with Crippen LogP contribution in [-0.4, -0.2) is 79.0 Å². The average molecular weight is 286 g/mol. The van der Waals surface area contributed by atoms with Crippen LogP contribution in [0.3, 0.4) is 0 Å². The van der Waals surface area contributed by atoms with E-state index in [0.29, 0.717) is 26.1 Å². The molecule has 0 aromatic rings. The molecule has 1 N–H and O–H groups in total. The number of carbonyl (C=O) groups is 2. The van der Waals surface area contributed by atoms with Gasteiger partial charge in [0.15, 0.2) is 0 Å². The minimum Gasteiger partial charge on any atom is -0.481 e. The lowest BCUT2D eigenvalue weighted by atomic mass is 10.0. The number of hydrogen-bond acceptors (Lipinski definition) is 4. The summed E-state index contributed by atoms with van der Waals surface area (Å²) in [6.07, 6.45) is 0.256. The molecular weight excluding hydrogens is 264 g/mol. The fourth-order valence-electron chi connectivity index (χ4n) is 3.07. The molecule has 0 aliphatic carbocycles. The molecule has 0 radical (unpaired) electrons.